The summed E-state index contributed by atoms with van der Waals surface area (Å²) in [5.41, 5.74) is 1.19. The number of aromatic nitrogens is 2. The van der Waals surface area contributed by atoms with Crippen molar-refractivity contribution >= 4 is 15.9 Å². The van der Waals surface area contributed by atoms with E-state index in [4.69, 9.17) is 0 Å². The lowest BCUT2D eigenvalue weighted by Crippen LogP contribution is -1.93. The first-order valence-electron chi connectivity index (χ1n) is 2.89. The molecule has 1 heterocycles. The number of nitrogens with one attached hydrogen (secondary N) is 1. The van der Waals surface area contributed by atoms with Gasteiger partial charge in [0.2, 0.25) is 0 Å². The van der Waals surface area contributed by atoms with Crippen molar-refractivity contribution in [2.24, 2.45) is 0 Å². The van der Waals surface area contributed by atoms with Crippen molar-refractivity contribution in [1.29, 1.82) is 0 Å². The Balaban J connectivity index is 2.65. The molecule has 1 rings (SSSR count). The monoisotopic (exact) mass is 188 g/mol. The summed E-state index contributed by atoms with van der Waals surface area (Å²) < 4.78 is 0. The molecule has 0 saturated carbocycles. The molecule has 0 aliphatic carbocycles. The van der Waals surface area contributed by atoms with Crippen LogP contribution in [-0.4, -0.2) is 15.3 Å². The largest absolute Gasteiger partial charge is 0.348 e. The van der Waals surface area contributed by atoms with Crippen LogP contribution in [0.2, 0.25) is 0 Å². The van der Waals surface area contributed by atoms with Gasteiger partial charge in [-0.1, -0.05) is 22.9 Å². The predicted octanol–water partition coefficient (Wildman–Crippen LogP) is 1.91. The minimum absolute atomic E-state index is 0.535. The van der Waals surface area contributed by atoms with E-state index in [0.717, 1.165) is 5.33 Å². The van der Waals surface area contributed by atoms with E-state index >= 15 is 0 Å². The van der Waals surface area contributed by atoms with E-state index in [2.05, 4.69) is 32.8 Å². The standard InChI is InChI=1S/C6H9BrN2/c1-5(2-7)6-3-8-4-9-6/h3-5H,2H2,1H3,(H,8,9). The molecule has 1 unspecified atom stereocenters. The molecule has 1 aromatic heterocycles. The van der Waals surface area contributed by atoms with Gasteiger partial charge in [0.05, 0.1) is 6.33 Å². The molecule has 9 heavy (non-hydrogen) atoms. The van der Waals surface area contributed by atoms with Crippen molar-refractivity contribution in [2.75, 3.05) is 5.33 Å². The van der Waals surface area contributed by atoms with Gasteiger partial charge in [0, 0.05) is 23.1 Å². The lowest BCUT2D eigenvalue weighted by Gasteiger charge is -2.00. The van der Waals surface area contributed by atoms with Gasteiger partial charge in [-0.2, -0.15) is 0 Å². The summed E-state index contributed by atoms with van der Waals surface area (Å²) in [6, 6.07) is 0. The Morgan fingerprint density at radius 2 is 2.67 bits per heavy atom. The lowest BCUT2D eigenvalue weighted by molar-refractivity contribution is 0.851. The van der Waals surface area contributed by atoms with Crippen LogP contribution in [0.3, 0.4) is 0 Å². The topological polar surface area (TPSA) is 28.7 Å². The maximum Gasteiger partial charge on any atom is 0.0921 e. The van der Waals surface area contributed by atoms with E-state index in [0.29, 0.717) is 5.92 Å². The third-order valence-corrected chi connectivity index (χ3v) is 2.25. The van der Waals surface area contributed by atoms with E-state index in [1.54, 1.807) is 6.33 Å². The van der Waals surface area contributed by atoms with Crippen molar-refractivity contribution in [1.82, 2.24) is 9.97 Å². The molecule has 0 amide bonds. The minimum Gasteiger partial charge on any atom is -0.348 e. The molecular formula is C6H9BrN2. The number of rotatable bonds is 2. The van der Waals surface area contributed by atoms with Gasteiger partial charge in [0.1, 0.15) is 0 Å². The second-order valence-electron chi connectivity index (χ2n) is 2.06. The number of aromatic amines is 1. The number of hydrogen-bond donors (Lipinski definition) is 1. The van der Waals surface area contributed by atoms with Crippen LogP contribution in [0.5, 0.6) is 0 Å². The summed E-state index contributed by atoms with van der Waals surface area (Å²) in [7, 11) is 0. The van der Waals surface area contributed by atoms with Gasteiger partial charge in [-0.25, -0.2) is 4.98 Å². The summed E-state index contributed by atoms with van der Waals surface area (Å²) in [6.45, 7) is 2.14. The van der Waals surface area contributed by atoms with Crippen molar-refractivity contribution in [3.8, 4) is 0 Å². The highest BCUT2D eigenvalue weighted by atomic mass is 79.9. The Labute approximate surface area is 62.8 Å². The first-order valence-corrected chi connectivity index (χ1v) is 4.01. The second-order valence-corrected chi connectivity index (χ2v) is 2.71. The number of H-pyrrole nitrogens is 1. The van der Waals surface area contributed by atoms with Gasteiger partial charge < -0.3 is 4.98 Å². The third-order valence-electron chi connectivity index (χ3n) is 1.28. The molecule has 0 radical (unpaired) electrons. The van der Waals surface area contributed by atoms with Gasteiger partial charge in [-0.3, -0.25) is 0 Å². The Morgan fingerprint density at radius 3 is 3.11 bits per heavy atom. The molecule has 0 bridgehead atoms. The Bertz CT molecular complexity index is 160. The van der Waals surface area contributed by atoms with E-state index in [-0.39, 0.29) is 0 Å². The normalized spacial score (nSPS) is 13.6. The molecule has 1 aromatic rings. The number of halogens is 1. The van der Waals surface area contributed by atoms with Gasteiger partial charge in [0.25, 0.3) is 0 Å². The average Bonchev–Trinajstić information content (AvgIpc) is 2.37. The van der Waals surface area contributed by atoms with Crippen LogP contribution in [0, 0.1) is 0 Å². The summed E-state index contributed by atoms with van der Waals surface area (Å²) in [4.78, 5) is 6.96. The van der Waals surface area contributed by atoms with Gasteiger partial charge in [-0.15, -0.1) is 0 Å². The minimum atomic E-state index is 0.535. The zero-order valence-electron chi connectivity index (χ0n) is 5.26. The molecular weight excluding hydrogens is 180 g/mol. The fourth-order valence-corrected chi connectivity index (χ4v) is 0.968. The van der Waals surface area contributed by atoms with Crippen molar-refractivity contribution in [3.63, 3.8) is 0 Å². The molecule has 50 valence electrons. The molecule has 0 aliphatic heterocycles. The SMILES string of the molecule is CC(CBr)c1cnc[nH]1. The first-order chi connectivity index (χ1) is 4.34. The summed E-state index contributed by atoms with van der Waals surface area (Å²) >= 11 is 3.39. The third kappa shape index (κ3) is 1.55. The maximum atomic E-state index is 3.91. The second kappa shape index (κ2) is 3.01. The van der Waals surface area contributed by atoms with Crippen molar-refractivity contribution in [3.05, 3.63) is 18.2 Å². The lowest BCUT2D eigenvalue weighted by atomic mass is 10.2. The number of alkyl halides is 1. The zero-order valence-corrected chi connectivity index (χ0v) is 6.85. The van der Waals surface area contributed by atoms with E-state index in [1.165, 1.54) is 5.69 Å². The highest BCUT2D eigenvalue weighted by Crippen LogP contribution is 2.12. The highest BCUT2D eigenvalue weighted by Gasteiger charge is 2.02. The average molecular weight is 189 g/mol. The van der Waals surface area contributed by atoms with Gasteiger partial charge in [0.15, 0.2) is 0 Å². The number of imidazole rings is 1. The molecule has 0 saturated heterocycles. The zero-order chi connectivity index (χ0) is 6.69. The van der Waals surface area contributed by atoms with Crippen LogP contribution >= 0.6 is 15.9 Å². The molecule has 0 fully saturated rings. The Hall–Kier alpha value is -0.310. The molecule has 0 aliphatic rings. The van der Waals surface area contributed by atoms with Crippen LogP contribution in [0.1, 0.15) is 18.5 Å². The number of nitrogens with zero attached hydrogens (tertiary/aromatic N) is 1. The van der Waals surface area contributed by atoms with Crippen LogP contribution < -0.4 is 0 Å². The maximum absolute atomic E-state index is 3.91. The summed E-state index contributed by atoms with van der Waals surface area (Å²) in [5.74, 6) is 0.535. The molecule has 3 heteroatoms. The number of hydrogen-bond acceptors (Lipinski definition) is 1. The van der Waals surface area contributed by atoms with E-state index in [1.807, 2.05) is 6.20 Å². The Kier molecular flexibility index (Phi) is 2.28. The predicted molar refractivity (Wildman–Crippen MR) is 40.8 cm³/mol. The van der Waals surface area contributed by atoms with Gasteiger partial charge >= 0.3 is 0 Å². The molecule has 2 nitrogen and oxygen atoms in total. The first kappa shape index (κ1) is 6.81. The van der Waals surface area contributed by atoms with Crippen LogP contribution in [-0.2, 0) is 0 Å². The Morgan fingerprint density at radius 1 is 1.89 bits per heavy atom. The molecule has 1 atom stereocenters. The van der Waals surface area contributed by atoms with Crippen LogP contribution in [0.15, 0.2) is 12.5 Å². The van der Waals surface area contributed by atoms with Crippen LogP contribution in [0.4, 0.5) is 0 Å². The molecule has 1 N–H and O–H groups in total. The smallest absolute Gasteiger partial charge is 0.0921 e. The summed E-state index contributed by atoms with van der Waals surface area (Å²) in [6.07, 6.45) is 3.56. The summed E-state index contributed by atoms with van der Waals surface area (Å²) in [5, 5.41) is 0.981. The van der Waals surface area contributed by atoms with Crippen molar-refractivity contribution < 1.29 is 0 Å². The van der Waals surface area contributed by atoms with Crippen LogP contribution in [0.25, 0.3) is 0 Å². The fourth-order valence-electron chi connectivity index (χ4n) is 0.619. The quantitative estimate of drug-likeness (QED) is 0.707. The molecule has 0 spiro atoms. The van der Waals surface area contributed by atoms with E-state index in [9.17, 15) is 0 Å². The van der Waals surface area contributed by atoms with Gasteiger partial charge in [-0.05, 0) is 0 Å². The van der Waals surface area contributed by atoms with E-state index < -0.39 is 0 Å². The van der Waals surface area contributed by atoms with Crippen molar-refractivity contribution in [2.45, 2.75) is 12.8 Å². The fraction of sp³-hybridized carbons (Fsp3) is 0.500. The molecule has 0 aromatic carbocycles. The highest BCUT2D eigenvalue weighted by molar-refractivity contribution is 9.09.